The molecule has 1 aliphatic rings. The summed E-state index contributed by atoms with van der Waals surface area (Å²) < 4.78 is 6.36. The van der Waals surface area contributed by atoms with E-state index in [0.29, 0.717) is 22.7 Å². The van der Waals surface area contributed by atoms with Crippen molar-refractivity contribution in [2.75, 3.05) is 10.6 Å². The average Bonchev–Trinajstić information content (AvgIpc) is 3.26. The van der Waals surface area contributed by atoms with E-state index in [9.17, 15) is 4.79 Å². The number of rotatable bonds is 6. The number of anilines is 2. The molecule has 4 aromatic rings. The van der Waals surface area contributed by atoms with Gasteiger partial charge in [-0.1, -0.05) is 72.3 Å². The van der Waals surface area contributed by atoms with Crippen LogP contribution in [0.25, 0.3) is 11.1 Å². The Balaban J connectivity index is 1.61. The van der Waals surface area contributed by atoms with E-state index in [1.54, 1.807) is 0 Å². The van der Waals surface area contributed by atoms with Crippen LogP contribution in [0.1, 0.15) is 35.1 Å². The zero-order valence-corrected chi connectivity index (χ0v) is 21.2. The fourth-order valence-corrected chi connectivity index (χ4v) is 4.89. The zero-order valence-electron chi connectivity index (χ0n) is 21.2. The van der Waals surface area contributed by atoms with Gasteiger partial charge in [-0.15, -0.1) is 5.10 Å². The number of amides is 2. The molecular formula is C30H30N6O2. The average molecular weight is 507 g/mol. The van der Waals surface area contributed by atoms with Gasteiger partial charge < -0.3 is 21.1 Å². The van der Waals surface area contributed by atoms with Crippen LogP contribution in [-0.2, 0) is 0 Å². The number of ether oxygens (including phenoxy) is 1. The van der Waals surface area contributed by atoms with Crippen LogP contribution in [0.5, 0.6) is 5.75 Å². The molecule has 2 amide bonds. The molecule has 1 heterocycles. The Labute approximate surface area is 221 Å². The van der Waals surface area contributed by atoms with E-state index >= 15 is 0 Å². The van der Waals surface area contributed by atoms with Gasteiger partial charge in [-0.05, 0) is 54.8 Å². The third-order valence-corrected chi connectivity index (χ3v) is 6.64. The van der Waals surface area contributed by atoms with Gasteiger partial charge >= 0.3 is 6.03 Å². The monoisotopic (exact) mass is 506 g/mol. The SMILES string of the molecule is Cc1ccc(NC(=O)Nc2cc(-c3ccccc3/C(N)=N/NN)cc3c2OC(C)C3c2ccccc2)cc1. The van der Waals surface area contributed by atoms with Gasteiger partial charge in [0.25, 0.3) is 0 Å². The van der Waals surface area contributed by atoms with E-state index in [1.807, 2.05) is 86.6 Å². The van der Waals surface area contributed by atoms with E-state index in [0.717, 1.165) is 27.8 Å². The van der Waals surface area contributed by atoms with Crippen LogP contribution in [-0.4, -0.2) is 18.0 Å². The second kappa shape index (κ2) is 10.7. The van der Waals surface area contributed by atoms with Gasteiger partial charge in [0.05, 0.1) is 5.69 Å². The number of fused-ring (bicyclic) bond motifs is 1. The smallest absolute Gasteiger partial charge is 0.323 e. The van der Waals surface area contributed by atoms with Crippen molar-refractivity contribution in [1.82, 2.24) is 5.53 Å². The van der Waals surface area contributed by atoms with Gasteiger partial charge in [-0.2, -0.15) is 0 Å². The van der Waals surface area contributed by atoms with Crippen LogP contribution < -0.4 is 32.5 Å². The molecule has 0 saturated heterocycles. The lowest BCUT2D eigenvalue weighted by atomic mass is 9.86. The summed E-state index contributed by atoms with van der Waals surface area (Å²) in [5, 5.41) is 9.88. The minimum atomic E-state index is -0.366. The molecule has 0 aromatic heterocycles. The number of carbonyl (C=O) groups is 1. The van der Waals surface area contributed by atoms with Gasteiger partial charge in [-0.3, -0.25) is 0 Å². The van der Waals surface area contributed by atoms with Crippen molar-refractivity contribution in [3.8, 4) is 16.9 Å². The summed E-state index contributed by atoms with van der Waals surface area (Å²) in [5.74, 6) is 6.27. The lowest BCUT2D eigenvalue weighted by molar-refractivity contribution is 0.239. The molecule has 0 aliphatic carbocycles. The van der Waals surface area contributed by atoms with Gasteiger partial charge in [0.15, 0.2) is 5.84 Å². The molecule has 38 heavy (non-hydrogen) atoms. The quantitative estimate of drug-likeness (QED) is 0.105. The van der Waals surface area contributed by atoms with Crippen molar-refractivity contribution < 1.29 is 9.53 Å². The fraction of sp³-hybridized carbons (Fsp3) is 0.133. The van der Waals surface area contributed by atoms with E-state index < -0.39 is 0 Å². The molecule has 0 saturated carbocycles. The maximum atomic E-state index is 13.1. The van der Waals surface area contributed by atoms with Gasteiger partial charge in [0.1, 0.15) is 11.9 Å². The molecule has 8 heteroatoms. The molecule has 2 atom stereocenters. The first-order valence-corrected chi connectivity index (χ1v) is 12.4. The fourth-order valence-electron chi connectivity index (χ4n) is 4.89. The normalized spacial score (nSPS) is 16.3. The minimum Gasteiger partial charge on any atom is -0.487 e. The first-order chi connectivity index (χ1) is 18.4. The van der Waals surface area contributed by atoms with Crippen molar-refractivity contribution in [1.29, 1.82) is 0 Å². The molecule has 1 aliphatic heterocycles. The molecule has 4 aromatic carbocycles. The molecular weight excluding hydrogens is 476 g/mol. The third kappa shape index (κ3) is 5.02. The number of aryl methyl sites for hydroxylation is 1. The molecule has 8 nitrogen and oxygen atoms in total. The lowest BCUT2D eigenvalue weighted by Crippen LogP contribution is -2.23. The van der Waals surface area contributed by atoms with E-state index in [-0.39, 0.29) is 23.9 Å². The highest BCUT2D eigenvalue weighted by atomic mass is 16.5. The number of urea groups is 1. The van der Waals surface area contributed by atoms with Crippen molar-refractivity contribution >= 4 is 23.2 Å². The summed E-state index contributed by atoms with van der Waals surface area (Å²) in [6, 6.07) is 29.1. The van der Waals surface area contributed by atoms with E-state index in [4.69, 9.17) is 16.3 Å². The number of carbonyl (C=O) groups excluding carboxylic acids is 1. The number of amidine groups is 1. The van der Waals surface area contributed by atoms with Crippen LogP contribution in [0.2, 0.25) is 0 Å². The number of hydrazone groups is 1. The minimum absolute atomic E-state index is 0.0178. The molecule has 5 rings (SSSR count). The number of hydrazine groups is 1. The number of nitrogens with zero attached hydrogens (tertiary/aromatic N) is 1. The largest absolute Gasteiger partial charge is 0.487 e. The summed E-state index contributed by atoms with van der Waals surface area (Å²) >= 11 is 0. The number of benzene rings is 4. The maximum absolute atomic E-state index is 13.1. The van der Waals surface area contributed by atoms with Crippen LogP contribution in [0.4, 0.5) is 16.2 Å². The highest BCUT2D eigenvalue weighted by molar-refractivity contribution is 6.05. The second-order valence-corrected chi connectivity index (χ2v) is 9.27. The lowest BCUT2D eigenvalue weighted by Gasteiger charge is -2.17. The van der Waals surface area contributed by atoms with Crippen LogP contribution >= 0.6 is 0 Å². The third-order valence-electron chi connectivity index (χ3n) is 6.64. The van der Waals surface area contributed by atoms with Crippen molar-refractivity contribution in [2.45, 2.75) is 25.9 Å². The first kappa shape index (κ1) is 24.9. The predicted octanol–water partition coefficient (Wildman–Crippen LogP) is 5.30. The summed E-state index contributed by atoms with van der Waals surface area (Å²) in [4.78, 5) is 13.1. The number of nitrogens with two attached hydrogens (primary N) is 2. The summed E-state index contributed by atoms with van der Waals surface area (Å²) in [6.07, 6.45) is -0.133. The van der Waals surface area contributed by atoms with Gasteiger partial charge in [0, 0.05) is 22.7 Å². The van der Waals surface area contributed by atoms with Crippen molar-refractivity contribution in [2.24, 2.45) is 16.7 Å². The summed E-state index contributed by atoms with van der Waals surface area (Å²) in [5.41, 5.74) is 15.4. The van der Waals surface area contributed by atoms with Crippen LogP contribution in [0, 0.1) is 6.92 Å². The molecule has 0 bridgehead atoms. The second-order valence-electron chi connectivity index (χ2n) is 9.27. The Hall–Kier alpha value is -4.82. The zero-order chi connectivity index (χ0) is 26.6. The molecule has 192 valence electrons. The van der Waals surface area contributed by atoms with Crippen LogP contribution in [0.15, 0.2) is 96.1 Å². The number of hydrogen-bond acceptors (Lipinski definition) is 5. The van der Waals surface area contributed by atoms with Crippen LogP contribution in [0.3, 0.4) is 0 Å². The van der Waals surface area contributed by atoms with E-state index in [1.165, 1.54) is 0 Å². The molecule has 7 N–H and O–H groups in total. The Bertz CT molecular complexity index is 1480. The number of hydrogen-bond donors (Lipinski definition) is 5. The Kier molecular flexibility index (Phi) is 6.97. The maximum Gasteiger partial charge on any atom is 0.323 e. The first-order valence-electron chi connectivity index (χ1n) is 12.4. The Morgan fingerprint density at radius 1 is 0.921 bits per heavy atom. The molecule has 2 unspecified atom stereocenters. The Morgan fingerprint density at radius 2 is 1.63 bits per heavy atom. The highest BCUT2D eigenvalue weighted by Crippen LogP contribution is 2.48. The van der Waals surface area contributed by atoms with Gasteiger partial charge in [0.2, 0.25) is 0 Å². The molecule has 0 fully saturated rings. The topological polar surface area (TPSA) is 127 Å². The standard InChI is InChI=1S/C30H30N6O2/c1-18-12-14-22(15-13-18)33-30(37)34-26-17-21(23-10-6-7-11-24(23)29(31)35-36-32)16-25-27(19(2)38-28(25)26)20-8-4-3-5-9-20/h3-17,19,27,36H,32H2,1-2H3,(H2,31,35)(H2,33,34,37). The summed E-state index contributed by atoms with van der Waals surface area (Å²) in [7, 11) is 0. The van der Waals surface area contributed by atoms with E-state index in [2.05, 4.69) is 39.5 Å². The Morgan fingerprint density at radius 3 is 2.37 bits per heavy atom. The number of nitrogens with one attached hydrogen (secondary N) is 3. The van der Waals surface area contributed by atoms with Crippen molar-refractivity contribution in [3.63, 3.8) is 0 Å². The highest BCUT2D eigenvalue weighted by Gasteiger charge is 2.35. The predicted molar refractivity (Wildman–Crippen MR) is 152 cm³/mol. The molecule has 0 radical (unpaired) electrons. The van der Waals surface area contributed by atoms with Gasteiger partial charge in [-0.25, -0.2) is 16.2 Å². The molecule has 0 spiro atoms. The van der Waals surface area contributed by atoms with Crippen molar-refractivity contribution in [3.05, 3.63) is 113 Å². The summed E-state index contributed by atoms with van der Waals surface area (Å²) in [6.45, 7) is 4.04.